The lowest BCUT2D eigenvalue weighted by atomic mass is 10.1. The lowest BCUT2D eigenvalue weighted by Gasteiger charge is -2.14. The molecule has 1 amide bonds. The standard InChI is InChI=1S/C21H25BrN2O2S2/c1-14(2)10-11-26-19-9-6-16(22)12-18(19)20(25)24-21(27)23-13-15-4-7-17(28-3)8-5-15/h4-9,12,14H,10-11,13H2,1-3H3,(H2,23,24,25,27). The van der Waals surface area contributed by atoms with E-state index in [0.717, 1.165) is 16.5 Å². The van der Waals surface area contributed by atoms with Crippen molar-refractivity contribution < 1.29 is 9.53 Å². The highest BCUT2D eigenvalue weighted by molar-refractivity contribution is 9.10. The zero-order valence-electron chi connectivity index (χ0n) is 16.3. The molecule has 0 radical (unpaired) electrons. The highest BCUT2D eigenvalue weighted by Crippen LogP contribution is 2.24. The molecule has 4 nitrogen and oxygen atoms in total. The lowest BCUT2D eigenvalue weighted by Crippen LogP contribution is -2.39. The fraction of sp³-hybridized carbons (Fsp3) is 0.333. The van der Waals surface area contributed by atoms with Crippen molar-refractivity contribution in [1.82, 2.24) is 10.6 Å². The molecule has 0 saturated heterocycles. The second-order valence-electron chi connectivity index (χ2n) is 6.66. The second kappa shape index (κ2) is 11.4. The van der Waals surface area contributed by atoms with Crippen LogP contribution in [0.2, 0.25) is 0 Å². The molecule has 0 aliphatic heterocycles. The van der Waals surface area contributed by atoms with Crippen molar-refractivity contribution in [3.8, 4) is 5.75 Å². The lowest BCUT2D eigenvalue weighted by molar-refractivity contribution is 0.0972. The van der Waals surface area contributed by atoms with Gasteiger partial charge in [0.25, 0.3) is 5.91 Å². The van der Waals surface area contributed by atoms with Gasteiger partial charge in [0.1, 0.15) is 5.75 Å². The summed E-state index contributed by atoms with van der Waals surface area (Å²) in [6.45, 7) is 5.38. The van der Waals surface area contributed by atoms with E-state index in [-0.39, 0.29) is 11.0 Å². The summed E-state index contributed by atoms with van der Waals surface area (Å²) >= 11 is 10.4. The Bertz CT molecular complexity index is 811. The maximum absolute atomic E-state index is 12.7. The number of amides is 1. The predicted octanol–water partition coefficient (Wildman–Crippen LogP) is 5.40. The Morgan fingerprint density at radius 2 is 1.93 bits per heavy atom. The Balaban J connectivity index is 1.94. The predicted molar refractivity (Wildman–Crippen MR) is 124 cm³/mol. The van der Waals surface area contributed by atoms with Gasteiger partial charge in [-0.05, 0) is 66.7 Å². The number of hydrogen-bond acceptors (Lipinski definition) is 4. The van der Waals surface area contributed by atoms with Crippen LogP contribution in [0.5, 0.6) is 5.75 Å². The van der Waals surface area contributed by atoms with E-state index in [1.54, 1.807) is 23.9 Å². The SMILES string of the molecule is CSc1ccc(CNC(=S)NC(=O)c2cc(Br)ccc2OCCC(C)C)cc1. The summed E-state index contributed by atoms with van der Waals surface area (Å²) in [5.74, 6) is 0.794. The van der Waals surface area contributed by atoms with Crippen LogP contribution in [0.15, 0.2) is 51.8 Å². The van der Waals surface area contributed by atoms with Crippen molar-refractivity contribution in [3.05, 3.63) is 58.1 Å². The largest absolute Gasteiger partial charge is 0.493 e. The summed E-state index contributed by atoms with van der Waals surface area (Å²) in [4.78, 5) is 13.9. The smallest absolute Gasteiger partial charge is 0.261 e. The normalized spacial score (nSPS) is 10.6. The molecule has 28 heavy (non-hydrogen) atoms. The Labute approximate surface area is 184 Å². The van der Waals surface area contributed by atoms with Crippen molar-refractivity contribution in [3.63, 3.8) is 0 Å². The van der Waals surface area contributed by atoms with Gasteiger partial charge in [-0.1, -0.05) is 41.9 Å². The molecule has 7 heteroatoms. The van der Waals surface area contributed by atoms with Gasteiger partial charge in [-0.2, -0.15) is 0 Å². The molecule has 2 rings (SSSR count). The van der Waals surface area contributed by atoms with E-state index >= 15 is 0 Å². The van der Waals surface area contributed by atoms with Gasteiger partial charge >= 0.3 is 0 Å². The van der Waals surface area contributed by atoms with Crippen molar-refractivity contribution >= 4 is 50.9 Å². The number of hydrogen-bond donors (Lipinski definition) is 2. The fourth-order valence-electron chi connectivity index (χ4n) is 2.35. The van der Waals surface area contributed by atoms with Crippen molar-refractivity contribution in [1.29, 1.82) is 0 Å². The Hall–Kier alpha value is -1.57. The van der Waals surface area contributed by atoms with Crippen molar-refractivity contribution in [2.45, 2.75) is 31.7 Å². The van der Waals surface area contributed by atoms with E-state index in [0.29, 0.717) is 30.4 Å². The van der Waals surface area contributed by atoms with Gasteiger partial charge in [-0.25, -0.2) is 0 Å². The summed E-state index contributed by atoms with van der Waals surface area (Å²) in [5, 5.41) is 6.09. The van der Waals surface area contributed by atoms with Gasteiger partial charge in [0.2, 0.25) is 0 Å². The van der Waals surface area contributed by atoms with Gasteiger partial charge in [0.05, 0.1) is 12.2 Å². The summed E-state index contributed by atoms with van der Waals surface area (Å²) < 4.78 is 6.62. The molecule has 2 aromatic carbocycles. The molecular weight excluding hydrogens is 456 g/mol. The number of thiocarbonyl (C=S) groups is 1. The topological polar surface area (TPSA) is 50.4 Å². The highest BCUT2D eigenvalue weighted by atomic mass is 79.9. The summed E-state index contributed by atoms with van der Waals surface area (Å²) in [6, 6.07) is 13.6. The number of benzene rings is 2. The molecule has 2 N–H and O–H groups in total. The van der Waals surface area contributed by atoms with E-state index in [1.807, 2.05) is 24.5 Å². The van der Waals surface area contributed by atoms with Crippen LogP contribution in [-0.2, 0) is 6.54 Å². The first-order valence-corrected chi connectivity index (χ1v) is 11.5. The second-order valence-corrected chi connectivity index (χ2v) is 8.86. The van der Waals surface area contributed by atoms with Crippen LogP contribution in [0.4, 0.5) is 0 Å². The molecule has 0 atom stereocenters. The molecule has 150 valence electrons. The van der Waals surface area contributed by atoms with Crippen molar-refractivity contribution in [2.24, 2.45) is 5.92 Å². The molecule has 0 aliphatic carbocycles. The molecule has 0 unspecified atom stereocenters. The third kappa shape index (κ3) is 7.45. The van der Waals surface area contributed by atoms with Gasteiger partial charge in [-0.3, -0.25) is 10.1 Å². The average Bonchev–Trinajstić information content (AvgIpc) is 2.67. The quantitative estimate of drug-likeness (QED) is 0.391. The van der Waals surface area contributed by atoms with Crippen LogP contribution in [-0.4, -0.2) is 23.9 Å². The minimum Gasteiger partial charge on any atom is -0.493 e. The average molecular weight is 481 g/mol. The molecule has 2 aromatic rings. The maximum atomic E-state index is 12.7. The van der Waals surface area contributed by atoms with Crippen LogP contribution in [0, 0.1) is 5.92 Å². The van der Waals surface area contributed by atoms with Crippen LogP contribution in [0.25, 0.3) is 0 Å². The molecule has 0 bridgehead atoms. The zero-order chi connectivity index (χ0) is 20.5. The molecule has 0 fully saturated rings. The number of nitrogens with one attached hydrogen (secondary N) is 2. The number of halogens is 1. The Morgan fingerprint density at radius 3 is 2.57 bits per heavy atom. The first-order chi connectivity index (χ1) is 13.4. The van der Waals surface area contributed by atoms with E-state index in [9.17, 15) is 4.79 Å². The van der Waals surface area contributed by atoms with E-state index in [2.05, 4.69) is 52.5 Å². The fourth-order valence-corrected chi connectivity index (χ4v) is 3.28. The van der Waals surface area contributed by atoms with E-state index in [1.165, 1.54) is 4.90 Å². The summed E-state index contributed by atoms with van der Waals surface area (Å²) in [7, 11) is 0. The first-order valence-electron chi connectivity index (χ1n) is 9.03. The zero-order valence-corrected chi connectivity index (χ0v) is 19.5. The number of carbonyl (C=O) groups is 1. The summed E-state index contributed by atoms with van der Waals surface area (Å²) in [5.41, 5.74) is 1.54. The van der Waals surface area contributed by atoms with Crippen LogP contribution >= 0.6 is 39.9 Å². The molecule has 0 heterocycles. The van der Waals surface area contributed by atoms with Crippen LogP contribution in [0.1, 0.15) is 36.2 Å². The van der Waals surface area contributed by atoms with Gasteiger partial charge in [-0.15, -0.1) is 11.8 Å². The Morgan fingerprint density at radius 1 is 1.21 bits per heavy atom. The first kappa shape index (κ1) is 22.7. The van der Waals surface area contributed by atoms with E-state index < -0.39 is 0 Å². The molecular formula is C21H25BrN2O2S2. The third-order valence-electron chi connectivity index (χ3n) is 3.98. The highest BCUT2D eigenvalue weighted by Gasteiger charge is 2.15. The van der Waals surface area contributed by atoms with Gasteiger partial charge in [0.15, 0.2) is 5.11 Å². The molecule has 0 saturated carbocycles. The van der Waals surface area contributed by atoms with Gasteiger partial charge in [0, 0.05) is 15.9 Å². The monoisotopic (exact) mass is 480 g/mol. The van der Waals surface area contributed by atoms with Crippen LogP contribution < -0.4 is 15.4 Å². The number of ether oxygens (including phenoxy) is 1. The number of rotatable bonds is 8. The molecule has 0 aliphatic rings. The molecule has 0 spiro atoms. The Kier molecular flexibility index (Phi) is 9.28. The van der Waals surface area contributed by atoms with Crippen molar-refractivity contribution in [2.75, 3.05) is 12.9 Å². The van der Waals surface area contributed by atoms with Crippen LogP contribution in [0.3, 0.4) is 0 Å². The number of thioether (sulfide) groups is 1. The maximum Gasteiger partial charge on any atom is 0.261 e. The molecule has 0 aromatic heterocycles. The minimum atomic E-state index is -0.295. The minimum absolute atomic E-state index is 0.284. The summed E-state index contributed by atoms with van der Waals surface area (Å²) in [6.07, 6.45) is 2.97. The third-order valence-corrected chi connectivity index (χ3v) is 5.46. The van der Waals surface area contributed by atoms with Gasteiger partial charge < -0.3 is 10.1 Å². The number of carbonyl (C=O) groups excluding carboxylic acids is 1. The van der Waals surface area contributed by atoms with E-state index in [4.69, 9.17) is 17.0 Å².